The summed E-state index contributed by atoms with van der Waals surface area (Å²) in [5, 5.41) is 2.98. The Morgan fingerprint density at radius 2 is 2.12 bits per heavy atom. The first-order valence-electron chi connectivity index (χ1n) is 6.18. The third kappa shape index (κ3) is 4.10. The number of carbonyl (C=O) groups excluding carboxylic acids is 1. The molecule has 4 nitrogen and oxygen atoms in total. The molecule has 1 rings (SSSR count). The SMILES string of the molecule is CC1CCC(C(=O)NCCN(C)C)CC1N. The van der Waals surface area contributed by atoms with Gasteiger partial charge in [0.25, 0.3) is 0 Å². The molecule has 0 heterocycles. The molecule has 3 N–H and O–H groups in total. The molecule has 0 radical (unpaired) electrons. The van der Waals surface area contributed by atoms with Crippen molar-refractivity contribution in [3.8, 4) is 0 Å². The van der Waals surface area contributed by atoms with E-state index in [1.807, 2.05) is 14.1 Å². The maximum atomic E-state index is 11.8. The molecule has 94 valence electrons. The van der Waals surface area contributed by atoms with Crippen LogP contribution in [0.3, 0.4) is 0 Å². The Hall–Kier alpha value is -0.610. The first-order chi connectivity index (χ1) is 7.50. The summed E-state index contributed by atoms with van der Waals surface area (Å²) in [7, 11) is 4.01. The van der Waals surface area contributed by atoms with Crippen molar-refractivity contribution in [3.63, 3.8) is 0 Å². The van der Waals surface area contributed by atoms with Crippen LogP contribution >= 0.6 is 0 Å². The van der Waals surface area contributed by atoms with E-state index in [0.717, 1.165) is 32.4 Å². The number of hydrogen-bond donors (Lipinski definition) is 2. The molecule has 0 aromatic heterocycles. The van der Waals surface area contributed by atoms with Crippen LogP contribution < -0.4 is 11.1 Å². The van der Waals surface area contributed by atoms with Crippen molar-refractivity contribution in [2.45, 2.75) is 32.2 Å². The second-order valence-electron chi connectivity index (χ2n) is 5.25. The summed E-state index contributed by atoms with van der Waals surface area (Å²) in [4.78, 5) is 13.9. The summed E-state index contributed by atoms with van der Waals surface area (Å²) in [6.45, 7) is 3.79. The van der Waals surface area contributed by atoms with Gasteiger partial charge in [0.1, 0.15) is 0 Å². The molecule has 0 aromatic rings. The zero-order chi connectivity index (χ0) is 12.1. The van der Waals surface area contributed by atoms with Gasteiger partial charge in [-0.1, -0.05) is 6.92 Å². The Bertz CT molecular complexity index is 230. The van der Waals surface area contributed by atoms with E-state index in [0.29, 0.717) is 5.92 Å². The molecule has 1 saturated carbocycles. The molecule has 3 atom stereocenters. The van der Waals surface area contributed by atoms with Crippen LogP contribution in [-0.2, 0) is 4.79 Å². The number of nitrogens with zero attached hydrogens (tertiary/aromatic N) is 1. The molecule has 0 saturated heterocycles. The van der Waals surface area contributed by atoms with E-state index < -0.39 is 0 Å². The predicted octanol–water partition coefficient (Wildman–Crippen LogP) is 0.428. The number of carbonyl (C=O) groups is 1. The van der Waals surface area contributed by atoms with E-state index in [1.165, 1.54) is 0 Å². The number of hydrogen-bond acceptors (Lipinski definition) is 3. The molecule has 0 aromatic carbocycles. The van der Waals surface area contributed by atoms with Crippen molar-refractivity contribution in [2.24, 2.45) is 17.6 Å². The second-order valence-corrected chi connectivity index (χ2v) is 5.25. The highest BCUT2D eigenvalue weighted by Crippen LogP contribution is 2.27. The first kappa shape index (κ1) is 13.5. The van der Waals surface area contributed by atoms with Gasteiger partial charge in [0, 0.05) is 25.0 Å². The highest BCUT2D eigenvalue weighted by atomic mass is 16.1. The minimum Gasteiger partial charge on any atom is -0.355 e. The smallest absolute Gasteiger partial charge is 0.223 e. The number of nitrogens with one attached hydrogen (secondary N) is 1. The predicted molar refractivity (Wildman–Crippen MR) is 66.0 cm³/mol. The topological polar surface area (TPSA) is 58.4 Å². The number of rotatable bonds is 4. The fourth-order valence-electron chi connectivity index (χ4n) is 2.14. The van der Waals surface area contributed by atoms with Crippen LogP contribution in [0.5, 0.6) is 0 Å². The maximum Gasteiger partial charge on any atom is 0.223 e. The standard InChI is InChI=1S/C12H25N3O/c1-9-4-5-10(8-11(9)13)12(16)14-6-7-15(2)3/h9-11H,4-8,13H2,1-3H3,(H,14,16). The molecule has 1 amide bonds. The molecule has 16 heavy (non-hydrogen) atoms. The van der Waals surface area contributed by atoms with Crippen LogP contribution in [0.4, 0.5) is 0 Å². The fourth-order valence-corrected chi connectivity index (χ4v) is 2.14. The summed E-state index contributed by atoms with van der Waals surface area (Å²) in [6.07, 6.45) is 2.91. The van der Waals surface area contributed by atoms with Crippen molar-refractivity contribution in [1.82, 2.24) is 10.2 Å². The molecule has 3 unspecified atom stereocenters. The molecule has 1 fully saturated rings. The molecule has 0 aliphatic heterocycles. The maximum absolute atomic E-state index is 11.8. The number of likely N-dealkylation sites (N-methyl/N-ethyl adjacent to an activating group) is 1. The monoisotopic (exact) mass is 227 g/mol. The Morgan fingerprint density at radius 3 is 2.69 bits per heavy atom. The lowest BCUT2D eigenvalue weighted by Crippen LogP contribution is -2.42. The lowest BCUT2D eigenvalue weighted by Gasteiger charge is -2.31. The molecule has 0 bridgehead atoms. The van der Waals surface area contributed by atoms with E-state index in [1.54, 1.807) is 0 Å². The van der Waals surface area contributed by atoms with Gasteiger partial charge in [0.2, 0.25) is 5.91 Å². The van der Waals surface area contributed by atoms with Crippen molar-refractivity contribution in [1.29, 1.82) is 0 Å². The van der Waals surface area contributed by atoms with E-state index in [2.05, 4.69) is 17.1 Å². The van der Waals surface area contributed by atoms with E-state index in [9.17, 15) is 4.79 Å². The van der Waals surface area contributed by atoms with Crippen LogP contribution in [0.2, 0.25) is 0 Å². The summed E-state index contributed by atoms with van der Waals surface area (Å²) >= 11 is 0. The quantitative estimate of drug-likeness (QED) is 0.732. The summed E-state index contributed by atoms with van der Waals surface area (Å²) in [5.41, 5.74) is 6.00. The first-order valence-corrected chi connectivity index (χ1v) is 6.18. The van der Waals surface area contributed by atoms with Crippen LogP contribution in [0.1, 0.15) is 26.2 Å². The van der Waals surface area contributed by atoms with Gasteiger partial charge in [-0.05, 0) is 39.3 Å². The molecule has 1 aliphatic rings. The Balaban J connectivity index is 2.26. The largest absolute Gasteiger partial charge is 0.355 e. The zero-order valence-electron chi connectivity index (χ0n) is 10.7. The van der Waals surface area contributed by atoms with Gasteiger partial charge in [-0.2, -0.15) is 0 Å². The van der Waals surface area contributed by atoms with Crippen LogP contribution in [0.15, 0.2) is 0 Å². The summed E-state index contributed by atoms with van der Waals surface area (Å²) in [6, 6.07) is 0.193. The van der Waals surface area contributed by atoms with E-state index >= 15 is 0 Å². The van der Waals surface area contributed by atoms with Crippen LogP contribution in [0.25, 0.3) is 0 Å². The third-order valence-corrected chi connectivity index (χ3v) is 3.49. The van der Waals surface area contributed by atoms with Crippen molar-refractivity contribution in [3.05, 3.63) is 0 Å². The fraction of sp³-hybridized carbons (Fsp3) is 0.917. The lowest BCUT2D eigenvalue weighted by atomic mass is 9.79. The highest BCUT2D eigenvalue weighted by molar-refractivity contribution is 5.78. The second kappa shape index (κ2) is 6.21. The highest BCUT2D eigenvalue weighted by Gasteiger charge is 2.29. The molecule has 1 aliphatic carbocycles. The number of nitrogens with two attached hydrogens (primary N) is 1. The van der Waals surface area contributed by atoms with Gasteiger partial charge >= 0.3 is 0 Å². The Morgan fingerprint density at radius 1 is 1.44 bits per heavy atom. The van der Waals surface area contributed by atoms with Crippen molar-refractivity contribution < 1.29 is 4.79 Å². The number of amides is 1. The van der Waals surface area contributed by atoms with E-state index in [-0.39, 0.29) is 17.9 Å². The minimum absolute atomic E-state index is 0.133. The van der Waals surface area contributed by atoms with Crippen LogP contribution in [-0.4, -0.2) is 44.0 Å². The normalized spacial score (nSPS) is 30.4. The van der Waals surface area contributed by atoms with Crippen molar-refractivity contribution in [2.75, 3.05) is 27.2 Å². The average Bonchev–Trinajstić information content (AvgIpc) is 2.21. The molecule has 0 spiro atoms. The van der Waals surface area contributed by atoms with Gasteiger partial charge in [0.05, 0.1) is 0 Å². The van der Waals surface area contributed by atoms with Gasteiger partial charge in [0.15, 0.2) is 0 Å². The van der Waals surface area contributed by atoms with Gasteiger partial charge < -0.3 is 16.0 Å². The molecular weight excluding hydrogens is 202 g/mol. The lowest BCUT2D eigenvalue weighted by molar-refractivity contribution is -0.126. The molecule has 4 heteroatoms. The van der Waals surface area contributed by atoms with Gasteiger partial charge in [-0.15, -0.1) is 0 Å². The van der Waals surface area contributed by atoms with E-state index in [4.69, 9.17) is 5.73 Å². The Labute approximate surface area is 98.6 Å². The van der Waals surface area contributed by atoms with Gasteiger partial charge in [-0.3, -0.25) is 4.79 Å². The minimum atomic E-state index is 0.133. The third-order valence-electron chi connectivity index (χ3n) is 3.49. The average molecular weight is 227 g/mol. The van der Waals surface area contributed by atoms with Crippen LogP contribution in [0, 0.1) is 11.8 Å². The van der Waals surface area contributed by atoms with Crippen molar-refractivity contribution >= 4 is 5.91 Å². The zero-order valence-corrected chi connectivity index (χ0v) is 10.7. The summed E-state index contributed by atoms with van der Waals surface area (Å²) in [5.74, 6) is 0.878. The molecular formula is C12H25N3O. The Kier molecular flexibility index (Phi) is 5.22. The summed E-state index contributed by atoms with van der Waals surface area (Å²) < 4.78 is 0. The van der Waals surface area contributed by atoms with Gasteiger partial charge in [-0.25, -0.2) is 0 Å².